The summed E-state index contributed by atoms with van der Waals surface area (Å²) in [7, 11) is 0. The molecule has 2 aliphatic heterocycles. The predicted octanol–water partition coefficient (Wildman–Crippen LogP) is 3.19. The number of carbonyl (C=O) groups excluding carboxylic acids is 1. The van der Waals surface area contributed by atoms with Gasteiger partial charge in [0.05, 0.1) is 0 Å². The average molecular weight is 398 g/mol. The average Bonchev–Trinajstić information content (AvgIpc) is 3.19. The van der Waals surface area contributed by atoms with Crippen LogP contribution in [0.2, 0.25) is 0 Å². The highest BCUT2D eigenvalue weighted by Gasteiger charge is 2.31. The first-order chi connectivity index (χ1) is 12.6. The van der Waals surface area contributed by atoms with Gasteiger partial charge in [0.15, 0.2) is 10.0 Å². The molecule has 3 heterocycles. The normalized spacial score (nSPS) is 22.4. The highest BCUT2D eigenvalue weighted by atomic mass is 32.2. The topological polar surface area (TPSA) is 73.7 Å². The van der Waals surface area contributed by atoms with Gasteiger partial charge in [0.25, 0.3) is 0 Å². The van der Waals surface area contributed by atoms with Gasteiger partial charge in [-0.1, -0.05) is 31.0 Å². The Bertz CT molecular complexity index is 615. The maximum absolute atomic E-state index is 12.3. The molecule has 26 heavy (non-hydrogen) atoms. The van der Waals surface area contributed by atoms with Crippen molar-refractivity contribution in [1.29, 1.82) is 0 Å². The lowest BCUT2D eigenvalue weighted by Gasteiger charge is -2.31. The standard InChI is InChI=1S/C18H27N3O3S2/c22-16-7-6-14(12-20-8-4-2-1-3-5-9-20)21(16)10-11-25-18-19-15(13-26-18)17(23)24/h13-14H,1-12H2,(H,23,24). The van der Waals surface area contributed by atoms with Crippen LogP contribution in [0.1, 0.15) is 55.4 Å². The number of thioether (sulfide) groups is 1. The van der Waals surface area contributed by atoms with E-state index in [2.05, 4.69) is 9.88 Å². The van der Waals surface area contributed by atoms with E-state index < -0.39 is 5.97 Å². The molecular formula is C18H27N3O3S2. The Labute approximate surface area is 163 Å². The SMILES string of the molecule is O=C(O)c1csc(SCCN2C(=O)CCC2CN2CCCCCCC2)n1. The van der Waals surface area contributed by atoms with E-state index in [1.165, 1.54) is 55.2 Å². The number of hydrogen-bond acceptors (Lipinski definition) is 6. The molecule has 2 saturated heterocycles. The molecule has 1 aromatic rings. The second-order valence-corrected chi connectivity index (χ2v) is 9.20. The van der Waals surface area contributed by atoms with Crippen molar-refractivity contribution in [3.8, 4) is 0 Å². The van der Waals surface area contributed by atoms with E-state index in [1.807, 2.05) is 4.90 Å². The predicted molar refractivity (Wildman–Crippen MR) is 104 cm³/mol. The molecule has 1 amide bonds. The van der Waals surface area contributed by atoms with Gasteiger partial charge in [-0.2, -0.15) is 0 Å². The Kier molecular flexibility index (Phi) is 7.33. The molecule has 2 aliphatic rings. The van der Waals surface area contributed by atoms with Crippen LogP contribution in [0, 0.1) is 0 Å². The van der Waals surface area contributed by atoms with E-state index in [1.54, 1.807) is 5.38 Å². The number of rotatable bonds is 7. The van der Waals surface area contributed by atoms with Crippen LogP contribution in [0.25, 0.3) is 0 Å². The van der Waals surface area contributed by atoms with Gasteiger partial charge >= 0.3 is 5.97 Å². The smallest absolute Gasteiger partial charge is 0.355 e. The Morgan fingerprint density at radius 1 is 1.27 bits per heavy atom. The van der Waals surface area contributed by atoms with Crippen LogP contribution >= 0.6 is 23.1 Å². The quantitative estimate of drug-likeness (QED) is 0.712. The largest absolute Gasteiger partial charge is 0.476 e. The van der Waals surface area contributed by atoms with Crippen molar-refractivity contribution >= 4 is 35.0 Å². The van der Waals surface area contributed by atoms with Crippen molar-refractivity contribution in [3.05, 3.63) is 11.1 Å². The summed E-state index contributed by atoms with van der Waals surface area (Å²) >= 11 is 2.89. The highest BCUT2D eigenvalue weighted by Crippen LogP contribution is 2.25. The Morgan fingerprint density at radius 3 is 2.69 bits per heavy atom. The summed E-state index contributed by atoms with van der Waals surface area (Å²) in [5.74, 6) is 0.0265. The zero-order chi connectivity index (χ0) is 18.4. The summed E-state index contributed by atoms with van der Waals surface area (Å²) in [4.78, 5) is 31.9. The van der Waals surface area contributed by atoms with Gasteiger partial charge in [-0.15, -0.1) is 11.3 Å². The fraction of sp³-hybridized carbons (Fsp3) is 0.722. The van der Waals surface area contributed by atoms with Gasteiger partial charge < -0.3 is 14.9 Å². The molecule has 3 rings (SSSR count). The molecule has 8 heteroatoms. The molecule has 0 aromatic carbocycles. The van der Waals surface area contributed by atoms with Crippen molar-refractivity contribution in [3.63, 3.8) is 0 Å². The molecule has 1 aromatic heterocycles. The number of likely N-dealkylation sites (tertiary alicyclic amines) is 2. The van der Waals surface area contributed by atoms with E-state index in [-0.39, 0.29) is 11.6 Å². The third kappa shape index (κ3) is 5.44. The molecule has 0 aliphatic carbocycles. The number of aromatic carboxylic acids is 1. The summed E-state index contributed by atoms with van der Waals surface area (Å²) < 4.78 is 0.759. The Balaban J connectivity index is 1.48. The summed E-state index contributed by atoms with van der Waals surface area (Å²) in [5.41, 5.74) is 0.102. The third-order valence-corrected chi connectivity index (χ3v) is 7.13. The summed E-state index contributed by atoms with van der Waals surface area (Å²) in [6.07, 6.45) is 8.17. The highest BCUT2D eigenvalue weighted by molar-refractivity contribution is 8.01. The molecule has 2 fully saturated rings. The van der Waals surface area contributed by atoms with Crippen LogP contribution in [-0.4, -0.2) is 69.7 Å². The monoisotopic (exact) mass is 397 g/mol. The zero-order valence-corrected chi connectivity index (χ0v) is 16.7. The van der Waals surface area contributed by atoms with Gasteiger partial charge in [-0.25, -0.2) is 9.78 Å². The minimum atomic E-state index is -0.990. The molecule has 6 nitrogen and oxygen atoms in total. The summed E-state index contributed by atoms with van der Waals surface area (Å²) in [5, 5.41) is 10.5. The fourth-order valence-corrected chi connectivity index (χ4v) is 5.55. The number of hydrogen-bond donors (Lipinski definition) is 1. The second kappa shape index (κ2) is 9.71. The number of carboxylic acids is 1. The summed E-state index contributed by atoms with van der Waals surface area (Å²) in [6.45, 7) is 4.02. The van der Waals surface area contributed by atoms with Gasteiger partial charge in [0, 0.05) is 36.7 Å². The van der Waals surface area contributed by atoms with Crippen LogP contribution in [0.4, 0.5) is 0 Å². The van der Waals surface area contributed by atoms with Gasteiger partial charge in [-0.3, -0.25) is 4.79 Å². The van der Waals surface area contributed by atoms with E-state index in [9.17, 15) is 9.59 Å². The van der Waals surface area contributed by atoms with Crippen LogP contribution in [0.15, 0.2) is 9.72 Å². The Hall–Kier alpha value is -1.12. The van der Waals surface area contributed by atoms with E-state index in [0.717, 1.165) is 36.1 Å². The van der Waals surface area contributed by atoms with Crippen LogP contribution in [-0.2, 0) is 4.79 Å². The molecule has 1 atom stereocenters. The first-order valence-corrected chi connectivity index (χ1v) is 11.3. The maximum Gasteiger partial charge on any atom is 0.355 e. The van der Waals surface area contributed by atoms with E-state index >= 15 is 0 Å². The molecule has 0 bridgehead atoms. The van der Waals surface area contributed by atoms with Crippen molar-refractivity contribution in [2.45, 2.75) is 55.3 Å². The number of thiazole rings is 1. The molecule has 0 radical (unpaired) electrons. The summed E-state index contributed by atoms with van der Waals surface area (Å²) in [6, 6.07) is 0.327. The first-order valence-electron chi connectivity index (χ1n) is 9.47. The zero-order valence-electron chi connectivity index (χ0n) is 15.1. The van der Waals surface area contributed by atoms with Crippen molar-refractivity contribution in [2.75, 3.05) is 31.9 Å². The number of aromatic nitrogens is 1. The molecule has 1 N–H and O–H groups in total. The third-order valence-electron chi connectivity index (χ3n) is 5.13. The molecule has 144 valence electrons. The first kappa shape index (κ1) is 19.6. The molecule has 0 saturated carbocycles. The molecular weight excluding hydrogens is 370 g/mol. The molecule has 1 unspecified atom stereocenters. The lowest BCUT2D eigenvalue weighted by Crippen LogP contribution is -2.43. The second-order valence-electron chi connectivity index (χ2n) is 7.00. The number of carboxylic acid groups (broad SMARTS) is 1. The van der Waals surface area contributed by atoms with E-state index in [4.69, 9.17) is 5.11 Å². The minimum Gasteiger partial charge on any atom is -0.476 e. The van der Waals surface area contributed by atoms with Gasteiger partial charge in [-0.05, 0) is 32.4 Å². The minimum absolute atomic E-state index is 0.102. The van der Waals surface area contributed by atoms with Crippen molar-refractivity contribution in [1.82, 2.24) is 14.8 Å². The van der Waals surface area contributed by atoms with Gasteiger partial charge in [0.1, 0.15) is 0 Å². The van der Waals surface area contributed by atoms with Crippen molar-refractivity contribution < 1.29 is 14.7 Å². The van der Waals surface area contributed by atoms with Crippen LogP contribution in [0.3, 0.4) is 0 Å². The lowest BCUT2D eigenvalue weighted by atomic mass is 10.1. The van der Waals surface area contributed by atoms with Gasteiger partial charge in [0.2, 0.25) is 5.91 Å². The Morgan fingerprint density at radius 2 is 2.00 bits per heavy atom. The van der Waals surface area contributed by atoms with E-state index in [0.29, 0.717) is 19.0 Å². The van der Waals surface area contributed by atoms with Crippen molar-refractivity contribution in [2.24, 2.45) is 0 Å². The number of amides is 1. The molecule has 0 spiro atoms. The maximum atomic E-state index is 12.3. The fourth-order valence-electron chi connectivity index (χ4n) is 3.74. The lowest BCUT2D eigenvalue weighted by molar-refractivity contribution is -0.128. The number of nitrogens with zero attached hydrogens (tertiary/aromatic N) is 3. The van der Waals surface area contributed by atoms with Crippen LogP contribution < -0.4 is 0 Å². The van der Waals surface area contributed by atoms with Crippen LogP contribution in [0.5, 0.6) is 0 Å². The number of carbonyl (C=O) groups is 2.